The lowest BCUT2D eigenvalue weighted by Gasteiger charge is -2.11. The number of aliphatic hydroxyl groups excluding tert-OH is 1. The number of carbonyl (C=O) groups is 1. The summed E-state index contributed by atoms with van der Waals surface area (Å²) in [5.74, 6) is -0.393. The zero-order chi connectivity index (χ0) is 12.7. The highest BCUT2D eigenvalue weighted by atomic mass is 32.1. The van der Waals surface area contributed by atoms with Gasteiger partial charge in [-0.15, -0.1) is 0 Å². The van der Waals surface area contributed by atoms with Gasteiger partial charge in [-0.2, -0.15) is 0 Å². The molecule has 0 radical (unpaired) electrons. The van der Waals surface area contributed by atoms with Crippen molar-refractivity contribution >= 4 is 32.6 Å². The molecule has 3 rings (SSSR count). The lowest BCUT2D eigenvalue weighted by molar-refractivity contribution is -0.117. The minimum absolute atomic E-state index is 0.00175. The molecule has 1 saturated heterocycles. The molecule has 1 atom stereocenters. The third kappa shape index (κ3) is 1.87. The van der Waals surface area contributed by atoms with E-state index in [1.165, 1.54) is 23.5 Å². The van der Waals surface area contributed by atoms with Crippen molar-refractivity contribution in [2.45, 2.75) is 6.42 Å². The number of benzene rings is 1. The van der Waals surface area contributed by atoms with E-state index in [-0.39, 0.29) is 24.2 Å². The van der Waals surface area contributed by atoms with Crippen molar-refractivity contribution < 1.29 is 14.3 Å². The lowest BCUT2D eigenvalue weighted by atomic mass is 10.1. The van der Waals surface area contributed by atoms with Crippen molar-refractivity contribution in [2.75, 3.05) is 18.1 Å². The Bertz CT molecular complexity index is 613. The van der Waals surface area contributed by atoms with Gasteiger partial charge in [0, 0.05) is 31.6 Å². The standard InChI is InChI=1S/C12H11FN2O2S/c13-8-1-2-10-9(4-8)14-12(18-10)15-5-7(6-16)3-11(15)17/h1-2,4,7,16H,3,5-6H2. The van der Waals surface area contributed by atoms with Crippen LogP contribution < -0.4 is 4.90 Å². The number of aliphatic hydroxyl groups is 1. The molecule has 0 spiro atoms. The Balaban J connectivity index is 1.97. The van der Waals surface area contributed by atoms with Gasteiger partial charge in [0.25, 0.3) is 0 Å². The van der Waals surface area contributed by atoms with Gasteiger partial charge in [0.15, 0.2) is 5.13 Å². The van der Waals surface area contributed by atoms with E-state index in [1.54, 1.807) is 11.0 Å². The van der Waals surface area contributed by atoms with Gasteiger partial charge in [-0.1, -0.05) is 11.3 Å². The fourth-order valence-corrected chi connectivity index (χ4v) is 3.07. The highest BCUT2D eigenvalue weighted by molar-refractivity contribution is 7.22. The van der Waals surface area contributed by atoms with E-state index in [0.717, 1.165) is 4.70 Å². The van der Waals surface area contributed by atoms with Crippen molar-refractivity contribution in [1.29, 1.82) is 0 Å². The van der Waals surface area contributed by atoms with Gasteiger partial charge in [-0.25, -0.2) is 9.37 Å². The minimum atomic E-state index is -0.333. The maximum Gasteiger partial charge on any atom is 0.229 e. The molecule has 0 saturated carbocycles. The van der Waals surface area contributed by atoms with Gasteiger partial charge in [0.05, 0.1) is 10.2 Å². The largest absolute Gasteiger partial charge is 0.396 e. The molecule has 1 N–H and O–H groups in total. The molecule has 94 valence electrons. The first-order chi connectivity index (χ1) is 8.67. The van der Waals surface area contributed by atoms with Crippen LogP contribution in [0.3, 0.4) is 0 Å². The summed E-state index contributed by atoms with van der Waals surface area (Å²) in [6, 6.07) is 4.40. The van der Waals surface area contributed by atoms with Crippen LogP contribution in [-0.4, -0.2) is 29.1 Å². The second-order valence-electron chi connectivity index (χ2n) is 4.37. The summed E-state index contributed by atoms with van der Waals surface area (Å²) >= 11 is 1.37. The second-order valence-corrected chi connectivity index (χ2v) is 5.37. The van der Waals surface area contributed by atoms with Crippen LogP contribution in [0.4, 0.5) is 9.52 Å². The Kier molecular flexibility index (Phi) is 2.76. The molecule has 2 aromatic rings. The molecule has 0 bridgehead atoms. The molecule has 1 aromatic carbocycles. The highest BCUT2D eigenvalue weighted by Crippen LogP contribution is 2.32. The fourth-order valence-electron chi connectivity index (χ4n) is 2.09. The van der Waals surface area contributed by atoms with E-state index in [1.807, 2.05) is 0 Å². The normalized spacial score (nSPS) is 20.0. The van der Waals surface area contributed by atoms with Crippen LogP contribution in [0.2, 0.25) is 0 Å². The molecule has 1 aliphatic heterocycles. The topological polar surface area (TPSA) is 53.4 Å². The molecule has 6 heteroatoms. The number of rotatable bonds is 2. The van der Waals surface area contributed by atoms with Gasteiger partial charge in [-0.05, 0) is 12.1 Å². The molecule has 2 heterocycles. The van der Waals surface area contributed by atoms with E-state index in [4.69, 9.17) is 5.11 Å². The molecule has 1 unspecified atom stereocenters. The molecule has 1 aliphatic rings. The number of hydrogen-bond acceptors (Lipinski definition) is 4. The van der Waals surface area contributed by atoms with Gasteiger partial charge >= 0.3 is 0 Å². The first kappa shape index (κ1) is 11.6. The number of halogens is 1. The Morgan fingerprint density at radius 2 is 2.39 bits per heavy atom. The third-order valence-electron chi connectivity index (χ3n) is 3.03. The van der Waals surface area contributed by atoms with E-state index < -0.39 is 0 Å². The summed E-state index contributed by atoms with van der Waals surface area (Å²) in [5, 5.41) is 9.66. The van der Waals surface area contributed by atoms with E-state index >= 15 is 0 Å². The van der Waals surface area contributed by atoms with Crippen LogP contribution in [0.1, 0.15) is 6.42 Å². The summed E-state index contributed by atoms with van der Waals surface area (Å²) < 4.78 is 13.9. The zero-order valence-electron chi connectivity index (χ0n) is 9.47. The van der Waals surface area contributed by atoms with Gasteiger partial charge in [0.1, 0.15) is 5.82 Å². The van der Waals surface area contributed by atoms with Gasteiger partial charge < -0.3 is 5.11 Å². The van der Waals surface area contributed by atoms with E-state index in [2.05, 4.69) is 4.98 Å². The number of anilines is 1. The molecule has 1 fully saturated rings. The number of carbonyl (C=O) groups excluding carboxylic acids is 1. The third-order valence-corrected chi connectivity index (χ3v) is 4.09. The summed E-state index contributed by atoms with van der Waals surface area (Å²) in [6.45, 7) is 0.486. The first-order valence-corrected chi connectivity index (χ1v) is 6.46. The van der Waals surface area contributed by atoms with Crippen LogP contribution in [0.15, 0.2) is 18.2 Å². The average molecular weight is 266 g/mol. The van der Waals surface area contributed by atoms with Crippen molar-refractivity contribution in [3.8, 4) is 0 Å². The maximum absolute atomic E-state index is 13.1. The number of aromatic nitrogens is 1. The summed E-state index contributed by atoms with van der Waals surface area (Å²) in [6.07, 6.45) is 0.348. The predicted octanol–water partition coefficient (Wildman–Crippen LogP) is 1.78. The molecular formula is C12H11FN2O2S. The molecular weight excluding hydrogens is 255 g/mol. The molecule has 1 aromatic heterocycles. The number of nitrogens with zero attached hydrogens (tertiary/aromatic N) is 2. The highest BCUT2D eigenvalue weighted by Gasteiger charge is 2.31. The van der Waals surface area contributed by atoms with Crippen LogP contribution in [0.5, 0.6) is 0 Å². The van der Waals surface area contributed by atoms with Crippen LogP contribution >= 0.6 is 11.3 Å². The van der Waals surface area contributed by atoms with Crippen molar-refractivity contribution in [1.82, 2.24) is 4.98 Å². The van der Waals surface area contributed by atoms with Crippen molar-refractivity contribution in [3.05, 3.63) is 24.0 Å². The average Bonchev–Trinajstić information content (AvgIpc) is 2.91. The molecule has 4 nitrogen and oxygen atoms in total. The fraction of sp³-hybridized carbons (Fsp3) is 0.333. The predicted molar refractivity (Wildman–Crippen MR) is 67.1 cm³/mol. The summed E-state index contributed by atoms with van der Waals surface area (Å²) in [5.41, 5.74) is 0.565. The van der Waals surface area contributed by atoms with Gasteiger partial charge in [-0.3, -0.25) is 9.69 Å². The first-order valence-electron chi connectivity index (χ1n) is 5.64. The minimum Gasteiger partial charge on any atom is -0.396 e. The van der Waals surface area contributed by atoms with Crippen LogP contribution in [0.25, 0.3) is 10.2 Å². The zero-order valence-corrected chi connectivity index (χ0v) is 10.3. The quantitative estimate of drug-likeness (QED) is 0.901. The lowest BCUT2D eigenvalue weighted by Crippen LogP contribution is -2.24. The van der Waals surface area contributed by atoms with Crippen molar-refractivity contribution in [3.63, 3.8) is 0 Å². The van der Waals surface area contributed by atoms with Crippen LogP contribution in [0, 0.1) is 11.7 Å². The Morgan fingerprint density at radius 3 is 3.11 bits per heavy atom. The Morgan fingerprint density at radius 1 is 1.56 bits per heavy atom. The maximum atomic E-state index is 13.1. The van der Waals surface area contributed by atoms with E-state index in [9.17, 15) is 9.18 Å². The molecule has 1 amide bonds. The smallest absolute Gasteiger partial charge is 0.229 e. The number of amides is 1. The number of thiazole rings is 1. The van der Waals surface area contributed by atoms with Gasteiger partial charge in [0.2, 0.25) is 5.91 Å². The SMILES string of the molecule is O=C1CC(CO)CN1c1nc2cc(F)ccc2s1. The van der Waals surface area contributed by atoms with Crippen molar-refractivity contribution in [2.24, 2.45) is 5.92 Å². The molecule has 0 aliphatic carbocycles. The number of fused-ring (bicyclic) bond motifs is 1. The molecule has 18 heavy (non-hydrogen) atoms. The Labute approximate surface area is 107 Å². The Hall–Kier alpha value is -1.53. The van der Waals surface area contributed by atoms with Crippen LogP contribution in [-0.2, 0) is 4.79 Å². The second kappa shape index (κ2) is 4.29. The monoisotopic (exact) mass is 266 g/mol. The number of hydrogen-bond donors (Lipinski definition) is 1. The summed E-state index contributed by atoms with van der Waals surface area (Å²) in [4.78, 5) is 17.6. The van der Waals surface area contributed by atoms with E-state index in [0.29, 0.717) is 23.6 Å². The summed E-state index contributed by atoms with van der Waals surface area (Å²) in [7, 11) is 0.